The number of aromatic amines is 1. The molecule has 0 fully saturated rings. The van der Waals surface area contributed by atoms with Gasteiger partial charge in [-0.3, -0.25) is 9.78 Å². The lowest BCUT2D eigenvalue weighted by atomic mass is 10.0. The minimum absolute atomic E-state index is 0.176. The van der Waals surface area contributed by atoms with Gasteiger partial charge in [0.2, 0.25) is 0 Å². The first-order valence-electron chi connectivity index (χ1n) is 9.63. The normalized spacial score (nSPS) is 11.4. The van der Waals surface area contributed by atoms with Crippen LogP contribution in [0.5, 0.6) is 11.5 Å². The molecule has 0 bridgehead atoms. The molecule has 11 heteroatoms. The van der Waals surface area contributed by atoms with Gasteiger partial charge in [-0.2, -0.15) is 8.42 Å². The second kappa shape index (κ2) is 8.51. The number of hydrogen-bond acceptors (Lipinski definition) is 7. The number of hydrogen-bond donors (Lipinski definition) is 1. The predicted octanol–water partition coefficient (Wildman–Crippen LogP) is 3.60. The molecule has 9 nitrogen and oxygen atoms in total. The van der Waals surface area contributed by atoms with Gasteiger partial charge in [0.15, 0.2) is 0 Å². The maximum Gasteiger partial charge on any atom is 0.488 e. The van der Waals surface area contributed by atoms with Crippen LogP contribution < -0.4 is 8.92 Å². The molecular weight excluding hydrogens is 451 g/mol. The summed E-state index contributed by atoms with van der Waals surface area (Å²) in [6, 6.07) is 7.71. The number of methoxy groups -OCH3 is 1. The van der Waals surface area contributed by atoms with E-state index in [9.17, 15) is 17.1 Å². The Kier molecular flexibility index (Phi) is 5.73. The first-order chi connectivity index (χ1) is 15.7. The fourth-order valence-corrected chi connectivity index (χ4v) is 3.75. The number of pyridine rings is 2. The van der Waals surface area contributed by atoms with Crippen LogP contribution in [-0.2, 0) is 10.5 Å². The van der Waals surface area contributed by atoms with Crippen LogP contribution >= 0.6 is 0 Å². The Morgan fingerprint density at radius 3 is 2.52 bits per heavy atom. The molecule has 0 aliphatic heterocycles. The van der Waals surface area contributed by atoms with Crippen molar-refractivity contribution >= 4 is 27.4 Å². The number of halogens is 1. The molecule has 4 aromatic rings. The molecule has 0 aliphatic rings. The molecule has 0 radical (unpaired) electrons. The largest absolute Gasteiger partial charge is 0.496 e. The Morgan fingerprint density at radius 1 is 1.06 bits per heavy atom. The molecule has 0 spiro atoms. The number of nitrogens with zero attached hydrogens (tertiary/aromatic N) is 3. The minimum Gasteiger partial charge on any atom is -0.496 e. The number of carbonyl (C=O) groups is 1. The monoisotopic (exact) mass is 470 g/mol. The smallest absolute Gasteiger partial charge is 0.488 e. The molecule has 0 atom stereocenters. The second-order valence-corrected chi connectivity index (χ2v) is 8.28. The van der Waals surface area contributed by atoms with E-state index in [2.05, 4.69) is 19.1 Å². The minimum atomic E-state index is -5.18. The zero-order valence-electron chi connectivity index (χ0n) is 17.9. The number of rotatable bonds is 6. The SMILES string of the molecule is COc1ccc(OS(=O)(=O)F)cc1-c1c[nH]c2ncc(-c3cncc(C(=O)N(C)C)c3)cc12. The number of ether oxygens (including phenoxy) is 1. The van der Waals surface area contributed by atoms with Crippen molar-refractivity contribution in [2.75, 3.05) is 21.2 Å². The Bertz CT molecular complexity index is 1470. The molecule has 170 valence electrons. The molecular formula is C22H19FN4O5S. The molecule has 0 saturated carbocycles. The van der Waals surface area contributed by atoms with Gasteiger partial charge in [0.05, 0.1) is 12.7 Å². The Labute approximate surface area is 189 Å². The molecule has 0 unspecified atom stereocenters. The fourth-order valence-electron chi connectivity index (χ4n) is 3.42. The lowest BCUT2D eigenvalue weighted by Gasteiger charge is -2.11. The van der Waals surface area contributed by atoms with Gasteiger partial charge in [-0.25, -0.2) is 4.98 Å². The van der Waals surface area contributed by atoms with Gasteiger partial charge < -0.3 is 18.8 Å². The summed E-state index contributed by atoms with van der Waals surface area (Å²) in [6.07, 6.45) is 6.45. The summed E-state index contributed by atoms with van der Waals surface area (Å²) in [6.45, 7) is 0. The maximum absolute atomic E-state index is 13.0. The van der Waals surface area contributed by atoms with Crippen LogP contribution in [0.15, 0.2) is 55.1 Å². The van der Waals surface area contributed by atoms with E-state index >= 15 is 0 Å². The number of carbonyl (C=O) groups excluding carboxylic acids is 1. The van der Waals surface area contributed by atoms with Crippen LogP contribution in [0, 0.1) is 0 Å². The van der Waals surface area contributed by atoms with Crippen molar-refractivity contribution in [3.05, 3.63) is 60.7 Å². The number of benzene rings is 1. The van der Waals surface area contributed by atoms with Crippen molar-refractivity contribution < 1.29 is 26.0 Å². The van der Waals surface area contributed by atoms with Crippen LogP contribution in [0.2, 0.25) is 0 Å². The van der Waals surface area contributed by atoms with Gasteiger partial charge in [-0.1, -0.05) is 3.89 Å². The summed E-state index contributed by atoms with van der Waals surface area (Å²) < 4.78 is 44.6. The molecule has 1 aromatic carbocycles. The summed E-state index contributed by atoms with van der Waals surface area (Å²) >= 11 is 0. The third kappa shape index (κ3) is 4.62. The van der Waals surface area contributed by atoms with Crippen molar-refractivity contribution in [3.63, 3.8) is 0 Å². The molecule has 4 rings (SSSR count). The predicted molar refractivity (Wildman–Crippen MR) is 120 cm³/mol. The summed E-state index contributed by atoms with van der Waals surface area (Å²) in [5.41, 5.74) is 3.50. The van der Waals surface area contributed by atoms with Crippen molar-refractivity contribution in [1.29, 1.82) is 0 Å². The van der Waals surface area contributed by atoms with Crippen LogP contribution in [0.3, 0.4) is 0 Å². The first kappa shape index (κ1) is 22.2. The van der Waals surface area contributed by atoms with Crippen LogP contribution in [0.25, 0.3) is 33.3 Å². The number of nitrogens with one attached hydrogen (secondary N) is 1. The number of H-pyrrole nitrogens is 1. The molecule has 1 N–H and O–H groups in total. The van der Waals surface area contributed by atoms with E-state index in [1.165, 1.54) is 36.4 Å². The zero-order valence-corrected chi connectivity index (χ0v) is 18.7. The number of fused-ring (bicyclic) bond motifs is 1. The molecule has 3 aromatic heterocycles. The molecule has 3 heterocycles. The Balaban J connectivity index is 1.83. The highest BCUT2D eigenvalue weighted by Gasteiger charge is 2.17. The van der Waals surface area contributed by atoms with E-state index < -0.39 is 10.5 Å². The highest BCUT2D eigenvalue weighted by Crippen LogP contribution is 2.38. The zero-order chi connectivity index (χ0) is 23.8. The van der Waals surface area contributed by atoms with Crippen molar-refractivity contribution in [2.45, 2.75) is 0 Å². The summed E-state index contributed by atoms with van der Waals surface area (Å²) in [5, 5.41) is 0.690. The number of aromatic nitrogens is 3. The Morgan fingerprint density at radius 2 is 1.82 bits per heavy atom. The Hall–Kier alpha value is -3.99. The highest BCUT2D eigenvalue weighted by molar-refractivity contribution is 7.81. The van der Waals surface area contributed by atoms with Gasteiger partial charge in [0.1, 0.15) is 17.1 Å². The van der Waals surface area contributed by atoms with E-state index in [1.807, 2.05) is 6.07 Å². The third-order valence-electron chi connectivity index (χ3n) is 4.91. The van der Waals surface area contributed by atoms with E-state index in [-0.39, 0.29) is 11.7 Å². The fraction of sp³-hybridized carbons (Fsp3) is 0.136. The van der Waals surface area contributed by atoms with E-state index in [0.29, 0.717) is 44.6 Å². The van der Waals surface area contributed by atoms with Gasteiger partial charge in [0.25, 0.3) is 5.91 Å². The highest BCUT2D eigenvalue weighted by atomic mass is 32.3. The molecule has 1 amide bonds. The van der Waals surface area contributed by atoms with E-state index in [1.54, 1.807) is 38.8 Å². The van der Waals surface area contributed by atoms with Gasteiger partial charge in [-0.05, 0) is 30.3 Å². The van der Waals surface area contributed by atoms with E-state index in [4.69, 9.17) is 4.74 Å². The summed E-state index contributed by atoms with van der Waals surface area (Å²) in [5.74, 6) is 0.0427. The van der Waals surface area contributed by atoms with Gasteiger partial charge in [-0.15, -0.1) is 0 Å². The van der Waals surface area contributed by atoms with Crippen LogP contribution in [0.4, 0.5) is 3.89 Å². The van der Waals surface area contributed by atoms with E-state index in [0.717, 1.165) is 0 Å². The van der Waals surface area contributed by atoms with Crippen molar-refractivity contribution in [3.8, 4) is 33.8 Å². The lowest BCUT2D eigenvalue weighted by Crippen LogP contribution is -2.21. The molecule has 0 aliphatic carbocycles. The quantitative estimate of drug-likeness (QED) is 0.428. The van der Waals surface area contributed by atoms with Crippen molar-refractivity contribution in [1.82, 2.24) is 19.9 Å². The lowest BCUT2D eigenvalue weighted by molar-refractivity contribution is 0.0827. The standard InChI is InChI=1S/C22H19FN4O5S/c1-27(2)22(28)15-6-13(9-24-10-15)14-7-18-19(12-26-21(18)25-11-14)17-8-16(32-33(23,29)30)4-5-20(17)31-3/h4-12H,1-3H3,(H,25,26). The van der Waals surface area contributed by atoms with Gasteiger partial charge >= 0.3 is 10.5 Å². The average molecular weight is 470 g/mol. The number of amides is 1. The second-order valence-electron chi connectivity index (χ2n) is 7.32. The van der Waals surface area contributed by atoms with Crippen LogP contribution in [0.1, 0.15) is 10.4 Å². The van der Waals surface area contributed by atoms with Gasteiger partial charge in [0, 0.05) is 66.5 Å². The van der Waals surface area contributed by atoms with Crippen LogP contribution in [-0.4, -0.2) is 55.4 Å². The third-order valence-corrected chi connectivity index (χ3v) is 5.30. The average Bonchev–Trinajstić information content (AvgIpc) is 3.20. The maximum atomic E-state index is 13.0. The van der Waals surface area contributed by atoms with Crippen molar-refractivity contribution in [2.24, 2.45) is 0 Å². The molecule has 33 heavy (non-hydrogen) atoms. The summed E-state index contributed by atoms with van der Waals surface area (Å²) in [7, 11) is -0.401. The molecule has 0 saturated heterocycles. The summed E-state index contributed by atoms with van der Waals surface area (Å²) in [4.78, 5) is 25.4. The first-order valence-corrected chi connectivity index (χ1v) is 10.9. The topological polar surface area (TPSA) is 114 Å².